The number of benzene rings is 2. The summed E-state index contributed by atoms with van der Waals surface area (Å²) in [6.07, 6.45) is 0. The van der Waals surface area contributed by atoms with E-state index in [2.05, 4.69) is 0 Å². The third-order valence-corrected chi connectivity index (χ3v) is 5.44. The van der Waals surface area contributed by atoms with Crippen molar-refractivity contribution in [3.05, 3.63) is 59.1 Å². The molecule has 2 nitrogen and oxygen atoms in total. The van der Waals surface area contributed by atoms with Gasteiger partial charge >= 0.3 is 5.76 Å². The summed E-state index contributed by atoms with van der Waals surface area (Å²) in [6, 6.07) is 12.8. The Morgan fingerprint density at radius 1 is 1.00 bits per heavy atom. The average molecular weight is 349 g/mol. The molecule has 2 aromatic rings. The minimum Gasteiger partial charge on any atom is -0.218 e. The fourth-order valence-electron chi connectivity index (χ4n) is 1.58. The molecule has 0 aliphatic rings. The molecule has 0 atom stereocenters. The number of halogens is 3. The fourth-order valence-corrected chi connectivity index (χ4v) is 3.28. The average Bonchev–Trinajstić information content (AvgIpc) is 2.47. The number of hydrogen-bond donors (Lipinski definition) is 0. The van der Waals surface area contributed by atoms with Gasteiger partial charge in [-0.25, -0.2) is 8.42 Å². The molecule has 0 aliphatic carbocycles. The van der Waals surface area contributed by atoms with Gasteiger partial charge in [0.2, 0.25) is 9.84 Å². The molecule has 2 rings (SSSR count). The van der Waals surface area contributed by atoms with Crippen LogP contribution in [0.1, 0.15) is 5.56 Å². The zero-order valence-corrected chi connectivity index (χ0v) is 13.1. The minimum atomic E-state index is -4.52. The quantitative estimate of drug-likeness (QED) is 0.739. The maximum Gasteiger partial charge on any atom is 0.341 e. The van der Waals surface area contributed by atoms with Crippen molar-refractivity contribution in [2.45, 2.75) is 21.3 Å². The second kappa shape index (κ2) is 6.77. The van der Waals surface area contributed by atoms with Crippen molar-refractivity contribution >= 4 is 33.2 Å². The predicted octanol–water partition coefficient (Wildman–Crippen LogP) is 4.63. The molecular formula is C14H11ClF2O2S2. The molecule has 21 heavy (non-hydrogen) atoms. The molecule has 0 aromatic heterocycles. The lowest BCUT2D eigenvalue weighted by Gasteiger charge is -2.05. The van der Waals surface area contributed by atoms with E-state index in [4.69, 9.17) is 11.6 Å². The molecule has 0 amide bonds. The Morgan fingerprint density at radius 2 is 1.57 bits per heavy atom. The van der Waals surface area contributed by atoms with Crippen molar-refractivity contribution in [3.63, 3.8) is 0 Å². The van der Waals surface area contributed by atoms with Crippen LogP contribution in [0.2, 0.25) is 5.02 Å². The van der Waals surface area contributed by atoms with Crippen molar-refractivity contribution in [3.8, 4) is 0 Å². The van der Waals surface area contributed by atoms with E-state index in [0.29, 0.717) is 10.8 Å². The van der Waals surface area contributed by atoms with Crippen molar-refractivity contribution in [1.29, 1.82) is 0 Å². The van der Waals surface area contributed by atoms with Gasteiger partial charge < -0.3 is 0 Å². The molecule has 0 unspecified atom stereocenters. The summed E-state index contributed by atoms with van der Waals surface area (Å²) in [6.45, 7) is 0. The second-order valence-corrected chi connectivity index (χ2v) is 7.60. The van der Waals surface area contributed by atoms with Gasteiger partial charge in [0.05, 0.1) is 4.90 Å². The van der Waals surface area contributed by atoms with Gasteiger partial charge in [0.25, 0.3) is 0 Å². The van der Waals surface area contributed by atoms with Crippen molar-refractivity contribution in [1.82, 2.24) is 0 Å². The Hall–Kier alpha value is -1.11. The third kappa shape index (κ3) is 4.18. The first-order valence-electron chi connectivity index (χ1n) is 5.89. The van der Waals surface area contributed by atoms with Crippen LogP contribution in [0, 0.1) is 0 Å². The summed E-state index contributed by atoms with van der Waals surface area (Å²) in [5.41, 5.74) is 0.850. The lowest BCUT2D eigenvalue weighted by atomic mass is 10.2. The highest BCUT2D eigenvalue weighted by molar-refractivity contribution is 7.98. The van der Waals surface area contributed by atoms with E-state index in [-0.39, 0.29) is 4.90 Å². The molecular weight excluding hydrogens is 338 g/mol. The van der Waals surface area contributed by atoms with Crippen LogP contribution in [0.4, 0.5) is 8.78 Å². The van der Waals surface area contributed by atoms with E-state index in [0.717, 1.165) is 10.5 Å². The molecule has 7 heteroatoms. The van der Waals surface area contributed by atoms with Crippen molar-refractivity contribution in [2.75, 3.05) is 0 Å². The molecule has 0 aliphatic heterocycles. The van der Waals surface area contributed by atoms with Crippen molar-refractivity contribution in [2.24, 2.45) is 0 Å². The smallest absolute Gasteiger partial charge is 0.218 e. The topological polar surface area (TPSA) is 34.1 Å². The van der Waals surface area contributed by atoms with Crippen LogP contribution in [0.25, 0.3) is 0 Å². The standard InChI is InChI=1S/C14H11ClF2O2S2/c15-11-3-5-12(6-4-11)20-9-10-1-7-13(8-2-10)21(18,19)14(16)17/h1-8,14H,9H2. The summed E-state index contributed by atoms with van der Waals surface area (Å²) in [7, 11) is -4.52. The SMILES string of the molecule is O=S(=O)(c1ccc(CSc2ccc(Cl)cc2)cc1)C(F)F. The highest BCUT2D eigenvalue weighted by Gasteiger charge is 2.26. The van der Waals surface area contributed by atoms with E-state index in [1.165, 1.54) is 24.3 Å². The summed E-state index contributed by atoms with van der Waals surface area (Å²) < 4.78 is 47.4. The maximum atomic E-state index is 12.4. The van der Waals surface area contributed by atoms with Crippen LogP contribution < -0.4 is 0 Å². The van der Waals surface area contributed by atoms with Gasteiger partial charge in [-0.1, -0.05) is 23.7 Å². The monoisotopic (exact) mass is 348 g/mol. The third-order valence-electron chi connectivity index (χ3n) is 2.71. The number of rotatable bonds is 5. The summed E-state index contributed by atoms with van der Waals surface area (Å²) in [4.78, 5) is 0.654. The highest BCUT2D eigenvalue weighted by Crippen LogP contribution is 2.25. The molecule has 0 bridgehead atoms. The first-order valence-corrected chi connectivity index (χ1v) is 8.80. The molecule has 0 fully saturated rings. The van der Waals surface area contributed by atoms with Gasteiger partial charge in [-0.05, 0) is 42.0 Å². The normalized spacial score (nSPS) is 11.8. The van der Waals surface area contributed by atoms with Gasteiger partial charge in [0.1, 0.15) is 0 Å². The first-order chi connectivity index (χ1) is 9.89. The molecule has 0 spiro atoms. The van der Waals surface area contributed by atoms with Crippen LogP contribution in [0.3, 0.4) is 0 Å². The molecule has 2 aromatic carbocycles. The lowest BCUT2D eigenvalue weighted by molar-refractivity contribution is 0.234. The van der Waals surface area contributed by atoms with Crippen LogP contribution in [0.5, 0.6) is 0 Å². The van der Waals surface area contributed by atoms with Crippen LogP contribution >= 0.6 is 23.4 Å². The predicted molar refractivity (Wildman–Crippen MR) is 80.6 cm³/mol. The largest absolute Gasteiger partial charge is 0.341 e. The van der Waals surface area contributed by atoms with E-state index < -0.39 is 15.6 Å². The Labute approximate surface area is 131 Å². The Morgan fingerprint density at radius 3 is 2.10 bits per heavy atom. The van der Waals surface area contributed by atoms with Gasteiger partial charge in [0, 0.05) is 15.7 Å². The summed E-state index contributed by atoms with van der Waals surface area (Å²) >= 11 is 7.33. The van der Waals surface area contributed by atoms with Crippen molar-refractivity contribution < 1.29 is 17.2 Å². The van der Waals surface area contributed by atoms with E-state index in [9.17, 15) is 17.2 Å². The van der Waals surface area contributed by atoms with Crippen LogP contribution in [-0.2, 0) is 15.6 Å². The van der Waals surface area contributed by atoms with Gasteiger partial charge in [-0.3, -0.25) is 0 Å². The lowest BCUT2D eigenvalue weighted by Crippen LogP contribution is -2.11. The maximum absolute atomic E-state index is 12.4. The van der Waals surface area contributed by atoms with Crippen LogP contribution in [0.15, 0.2) is 58.3 Å². The Bertz CT molecular complexity index is 699. The Balaban J connectivity index is 2.05. The number of alkyl halides is 2. The van der Waals surface area contributed by atoms with E-state index in [1.807, 2.05) is 12.1 Å². The second-order valence-electron chi connectivity index (χ2n) is 4.19. The van der Waals surface area contributed by atoms with E-state index >= 15 is 0 Å². The summed E-state index contributed by atoms with van der Waals surface area (Å²) in [5.74, 6) is -2.79. The molecule has 0 N–H and O–H groups in total. The molecule has 0 saturated heterocycles. The minimum absolute atomic E-state index is 0.363. The zero-order valence-electron chi connectivity index (χ0n) is 10.7. The molecule has 0 radical (unpaired) electrons. The van der Waals surface area contributed by atoms with Gasteiger partial charge in [-0.2, -0.15) is 8.78 Å². The molecule has 112 valence electrons. The fraction of sp³-hybridized carbons (Fsp3) is 0.143. The van der Waals surface area contributed by atoms with Gasteiger partial charge in [0.15, 0.2) is 0 Å². The number of thioether (sulfide) groups is 1. The first kappa shape index (κ1) is 16.3. The highest BCUT2D eigenvalue weighted by atomic mass is 35.5. The molecule has 0 saturated carbocycles. The van der Waals surface area contributed by atoms with Gasteiger partial charge in [-0.15, -0.1) is 11.8 Å². The molecule has 0 heterocycles. The van der Waals surface area contributed by atoms with Crippen LogP contribution in [-0.4, -0.2) is 14.2 Å². The van der Waals surface area contributed by atoms with E-state index in [1.54, 1.807) is 23.9 Å². The zero-order chi connectivity index (χ0) is 15.5. The number of hydrogen-bond acceptors (Lipinski definition) is 3. The number of sulfone groups is 1. The summed E-state index contributed by atoms with van der Waals surface area (Å²) in [5, 5.41) is 0.654. The Kier molecular flexibility index (Phi) is 5.24.